The lowest BCUT2D eigenvalue weighted by atomic mass is 9.49. The summed E-state index contributed by atoms with van der Waals surface area (Å²) < 4.78 is 4.78. The van der Waals surface area contributed by atoms with Gasteiger partial charge in [-0.25, -0.2) is 4.79 Å². The first kappa shape index (κ1) is 16.1. The molecule has 1 aromatic carbocycles. The highest BCUT2D eigenvalue weighted by molar-refractivity contribution is 5.96. The molecule has 0 atom stereocenters. The zero-order valence-electron chi connectivity index (χ0n) is 14.2. The van der Waals surface area contributed by atoms with Crippen LogP contribution in [0.15, 0.2) is 24.3 Å². The molecule has 4 fully saturated rings. The number of nitrogens with zero attached hydrogens (tertiary/aromatic N) is 1. The Labute approximate surface area is 147 Å². The van der Waals surface area contributed by atoms with Crippen molar-refractivity contribution in [3.8, 4) is 6.07 Å². The highest BCUT2D eigenvalue weighted by atomic mass is 16.5. The lowest BCUT2D eigenvalue weighted by Crippen LogP contribution is -2.51. The van der Waals surface area contributed by atoms with Crippen LogP contribution < -0.4 is 5.32 Å². The number of anilines is 1. The third-order valence-electron chi connectivity index (χ3n) is 6.17. The second-order valence-electron chi connectivity index (χ2n) is 7.96. The van der Waals surface area contributed by atoms with E-state index in [4.69, 9.17) is 10.00 Å². The van der Waals surface area contributed by atoms with Gasteiger partial charge in [0.1, 0.15) is 6.07 Å². The number of hydrogen-bond donors (Lipinski definition) is 1. The number of carbonyl (C=O) groups excluding carboxylic acids is 2. The fourth-order valence-electron chi connectivity index (χ4n) is 5.52. The van der Waals surface area contributed by atoms with Crippen molar-refractivity contribution in [2.24, 2.45) is 23.2 Å². The van der Waals surface area contributed by atoms with Crippen LogP contribution in [0.25, 0.3) is 0 Å². The molecule has 4 saturated carbocycles. The molecule has 0 unspecified atom stereocenters. The van der Waals surface area contributed by atoms with Crippen LogP contribution in [0.2, 0.25) is 0 Å². The van der Waals surface area contributed by atoms with Gasteiger partial charge in [0, 0.05) is 5.69 Å². The number of nitriles is 1. The van der Waals surface area contributed by atoms with Crippen molar-refractivity contribution in [1.82, 2.24) is 0 Å². The van der Waals surface area contributed by atoms with Gasteiger partial charge in [0.25, 0.3) is 0 Å². The Hall–Kier alpha value is -2.35. The van der Waals surface area contributed by atoms with Gasteiger partial charge in [0.05, 0.1) is 11.0 Å². The maximum Gasteiger partial charge on any atom is 0.339 e. The first-order chi connectivity index (χ1) is 12.1. The van der Waals surface area contributed by atoms with Crippen LogP contribution in [0, 0.1) is 34.5 Å². The standard InChI is InChI=1S/C20H22N2O3/c21-5-6-25-18(23)16-1-3-17(4-2-16)22-19(24)20-10-13-7-14(11-20)9-15(8-13)12-20/h1-4,13-15H,6-12H2,(H,22,24). The Morgan fingerprint density at radius 1 is 1.08 bits per heavy atom. The molecule has 4 aliphatic carbocycles. The van der Waals surface area contributed by atoms with Crippen molar-refractivity contribution in [3.05, 3.63) is 29.8 Å². The van der Waals surface area contributed by atoms with Crippen LogP contribution in [-0.2, 0) is 9.53 Å². The molecule has 1 amide bonds. The molecule has 4 aliphatic rings. The number of hydrogen-bond acceptors (Lipinski definition) is 4. The van der Waals surface area contributed by atoms with Crippen molar-refractivity contribution < 1.29 is 14.3 Å². The van der Waals surface area contributed by atoms with Gasteiger partial charge in [0.2, 0.25) is 5.91 Å². The van der Waals surface area contributed by atoms with Crippen molar-refractivity contribution in [3.63, 3.8) is 0 Å². The van der Waals surface area contributed by atoms with Gasteiger partial charge < -0.3 is 10.1 Å². The average Bonchev–Trinajstić information content (AvgIpc) is 2.59. The number of benzene rings is 1. The summed E-state index contributed by atoms with van der Waals surface area (Å²) in [4.78, 5) is 24.7. The lowest BCUT2D eigenvalue weighted by molar-refractivity contribution is -0.140. The van der Waals surface area contributed by atoms with Gasteiger partial charge in [-0.1, -0.05) is 0 Å². The summed E-state index contributed by atoms with van der Waals surface area (Å²) in [6.07, 6.45) is 7.03. The van der Waals surface area contributed by atoms with Gasteiger partial charge in [-0.3, -0.25) is 4.79 Å². The molecule has 0 spiro atoms. The number of nitrogens with one attached hydrogen (secondary N) is 1. The Morgan fingerprint density at radius 2 is 1.64 bits per heavy atom. The monoisotopic (exact) mass is 338 g/mol. The number of rotatable bonds is 4. The molecule has 25 heavy (non-hydrogen) atoms. The third kappa shape index (κ3) is 3.02. The molecule has 0 aliphatic heterocycles. The number of esters is 1. The predicted octanol–water partition coefficient (Wildman–Crippen LogP) is 3.52. The van der Waals surface area contributed by atoms with E-state index in [1.807, 2.05) is 0 Å². The van der Waals surface area contributed by atoms with Crippen LogP contribution in [0.4, 0.5) is 5.69 Å². The molecular weight excluding hydrogens is 316 g/mol. The minimum absolute atomic E-state index is 0.145. The van der Waals surface area contributed by atoms with Gasteiger partial charge in [0.15, 0.2) is 6.61 Å². The van der Waals surface area contributed by atoms with E-state index in [1.54, 1.807) is 30.3 Å². The quantitative estimate of drug-likeness (QED) is 0.852. The molecular formula is C20H22N2O3. The Kier molecular flexibility index (Phi) is 3.99. The molecule has 1 aromatic rings. The maximum absolute atomic E-state index is 13.0. The summed E-state index contributed by atoms with van der Waals surface area (Å²) in [5.74, 6) is 1.81. The Balaban J connectivity index is 1.43. The smallest absolute Gasteiger partial charge is 0.339 e. The fourth-order valence-corrected chi connectivity index (χ4v) is 5.52. The fraction of sp³-hybridized carbons (Fsp3) is 0.550. The largest absolute Gasteiger partial charge is 0.447 e. The first-order valence-electron chi connectivity index (χ1n) is 9.03. The number of amides is 1. The van der Waals surface area contributed by atoms with Crippen molar-refractivity contribution in [2.75, 3.05) is 11.9 Å². The van der Waals surface area contributed by atoms with E-state index in [9.17, 15) is 9.59 Å². The number of ether oxygens (including phenoxy) is 1. The van der Waals surface area contributed by atoms with E-state index in [0.29, 0.717) is 11.3 Å². The molecule has 5 nitrogen and oxygen atoms in total. The average molecular weight is 338 g/mol. The van der Waals surface area contributed by atoms with Gasteiger partial charge in [-0.2, -0.15) is 5.26 Å². The zero-order valence-corrected chi connectivity index (χ0v) is 14.2. The molecule has 0 radical (unpaired) electrons. The molecule has 0 heterocycles. The van der Waals surface area contributed by atoms with E-state index < -0.39 is 5.97 Å². The molecule has 0 saturated heterocycles. The Bertz CT molecular complexity index is 697. The van der Waals surface area contributed by atoms with E-state index >= 15 is 0 Å². The molecule has 4 bridgehead atoms. The van der Waals surface area contributed by atoms with E-state index in [-0.39, 0.29) is 17.9 Å². The highest BCUT2D eigenvalue weighted by Crippen LogP contribution is 2.60. The topological polar surface area (TPSA) is 79.2 Å². The number of carbonyl (C=O) groups is 2. The van der Waals surface area contributed by atoms with Crippen LogP contribution in [0.5, 0.6) is 0 Å². The van der Waals surface area contributed by atoms with E-state index in [0.717, 1.165) is 37.0 Å². The summed E-state index contributed by atoms with van der Waals surface area (Å²) in [5, 5.41) is 11.5. The summed E-state index contributed by atoms with van der Waals surface area (Å²) in [5.41, 5.74) is 0.903. The predicted molar refractivity (Wildman–Crippen MR) is 91.6 cm³/mol. The first-order valence-corrected chi connectivity index (χ1v) is 9.03. The molecule has 1 N–H and O–H groups in total. The minimum Gasteiger partial charge on any atom is -0.447 e. The van der Waals surface area contributed by atoms with Gasteiger partial charge in [-0.05, 0) is 80.5 Å². The second kappa shape index (κ2) is 6.18. The SMILES string of the molecule is N#CCOC(=O)c1ccc(NC(=O)C23CC4CC(CC(C4)C2)C3)cc1. The van der Waals surface area contributed by atoms with Crippen LogP contribution in [-0.4, -0.2) is 18.5 Å². The summed E-state index contributed by atoms with van der Waals surface area (Å²) >= 11 is 0. The molecule has 5 heteroatoms. The molecule has 5 rings (SSSR count). The van der Waals surface area contributed by atoms with Crippen molar-refractivity contribution in [1.29, 1.82) is 5.26 Å². The third-order valence-corrected chi connectivity index (χ3v) is 6.17. The maximum atomic E-state index is 13.0. The lowest BCUT2D eigenvalue weighted by Gasteiger charge is -2.55. The van der Waals surface area contributed by atoms with Crippen molar-refractivity contribution in [2.45, 2.75) is 38.5 Å². The normalized spacial score (nSPS) is 32.0. The minimum atomic E-state index is -0.527. The summed E-state index contributed by atoms with van der Waals surface area (Å²) in [6, 6.07) is 8.46. The van der Waals surface area contributed by atoms with Crippen LogP contribution >= 0.6 is 0 Å². The van der Waals surface area contributed by atoms with Gasteiger partial charge in [-0.15, -0.1) is 0 Å². The second-order valence-corrected chi connectivity index (χ2v) is 7.96. The summed E-state index contributed by atoms with van der Waals surface area (Å²) in [7, 11) is 0. The van der Waals surface area contributed by atoms with Crippen LogP contribution in [0.1, 0.15) is 48.9 Å². The summed E-state index contributed by atoms with van der Waals surface area (Å²) in [6.45, 7) is -0.261. The molecule has 130 valence electrons. The van der Waals surface area contributed by atoms with E-state index in [1.165, 1.54) is 19.3 Å². The molecule has 0 aromatic heterocycles. The van der Waals surface area contributed by atoms with Crippen LogP contribution in [0.3, 0.4) is 0 Å². The van der Waals surface area contributed by atoms with E-state index in [2.05, 4.69) is 5.32 Å². The highest BCUT2D eigenvalue weighted by Gasteiger charge is 2.54. The van der Waals surface area contributed by atoms with Gasteiger partial charge >= 0.3 is 5.97 Å². The Morgan fingerprint density at radius 3 is 2.16 bits per heavy atom. The van der Waals surface area contributed by atoms with Crippen molar-refractivity contribution >= 4 is 17.6 Å². The zero-order chi connectivity index (χ0) is 17.4.